The van der Waals surface area contributed by atoms with E-state index in [4.69, 9.17) is 0 Å². The predicted molar refractivity (Wildman–Crippen MR) is 252 cm³/mol. The third-order valence-electron chi connectivity index (χ3n) is 11.3. The molecule has 5 nitrogen and oxygen atoms in total. The first-order valence-corrected chi connectivity index (χ1v) is 21.7. The number of nitrogens with zero attached hydrogens (tertiary/aromatic N) is 5. The average Bonchev–Trinajstić information content (AvgIpc) is 4.13. The van der Waals surface area contributed by atoms with Gasteiger partial charge in [0.2, 0.25) is 0 Å². The minimum atomic E-state index is 0. The van der Waals surface area contributed by atoms with Gasteiger partial charge < -0.3 is 9.13 Å². The second-order valence-corrected chi connectivity index (χ2v) is 17.1. The molecule has 12 rings (SSSR count). The Hall–Kier alpha value is -6.41. The molecule has 6 aromatic carbocycles. The number of para-hydroxylation sites is 2. The van der Waals surface area contributed by atoms with Gasteiger partial charge in [-0.1, -0.05) is 100 Å². The third kappa shape index (κ3) is 6.73. The van der Waals surface area contributed by atoms with Crippen molar-refractivity contribution in [3.63, 3.8) is 0 Å². The smallest absolute Gasteiger partial charge is 0.0795 e. The first-order valence-electron chi connectivity index (χ1n) is 20.0. The third-order valence-corrected chi connectivity index (χ3v) is 13.4. The summed E-state index contributed by atoms with van der Waals surface area (Å²) in [4.78, 5) is 5.77. The molecule has 8 heteroatoms. The van der Waals surface area contributed by atoms with Gasteiger partial charge in [-0.25, -0.2) is 6.07 Å². The van der Waals surface area contributed by atoms with Crippen LogP contribution in [0.2, 0.25) is 0 Å². The number of rotatable bonds is 5. The summed E-state index contributed by atoms with van der Waals surface area (Å²) >= 11 is 3.57. The summed E-state index contributed by atoms with van der Waals surface area (Å²) in [5.41, 5.74) is 15.5. The minimum absolute atomic E-state index is 0. The monoisotopic (exact) mass is 1000 g/mol. The summed E-state index contributed by atoms with van der Waals surface area (Å²) in [6, 6.07) is 58.6. The molecule has 1 radical (unpaired) electrons. The number of thiophene rings is 2. The Morgan fingerprint density at radius 1 is 0.590 bits per heavy atom. The van der Waals surface area contributed by atoms with E-state index in [1.807, 2.05) is 64.1 Å². The number of hydrogen-bond acceptors (Lipinski definition) is 4. The SMILES string of the molecule is Cc1cc(C)c(-n2ccnc2-c2[c-]cccc2)c(C)c1.[Ir].[c-]1csc2c3cc(-c4cccc(-c5ccc6c(c5)c5ccccc5n6-c5ccccc5)c4)sc3c3ccnn3c12. The molecular formula is C53H37IrN5S2-2. The molecule has 0 spiro atoms. The zero-order valence-corrected chi connectivity index (χ0v) is 37.6. The Bertz CT molecular complexity index is 3440. The van der Waals surface area contributed by atoms with E-state index in [0.29, 0.717) is 0 Å². The second-order valence-electron chi connectivity index (χ2n) is 15.2. The van der Waals surface area contributed by atoms with Crippen molar-refractivity contribution < 1.29 is 20.1 Å². The van der Waals surface area contributed by atoms with Crippen LogP contribution < -0.4 is 0 Å². The van der Waals surface area contributed by atoms with E-state index in [0.717, 1.165) is 22.4 Å². The number of fused-ring (bicyclic) bond motifs is 9. The van der Waals surface area contributed by atoms with Gasteiger partial charge in [0.05, 0.1) is 22.4 Å². The van der Waals surface area contributed by atoms with Crippen molar-refractivity contribution in [2.75, 3.05) is 0 Å². The molecule has 0 N–H and O–H groups in total. The fourth-order valence-corrected chi connectivity index (χ4v) is 10.9. The van der Waals surface area contributed by atoms with Crippen molar-refractivity contribution in [2.45, 2.75) is 20.8 Å². The number of pyridine rings is 1. The summed E-state index contributed by atoms with van der Waals surface area (Å²) in [6.45, 7) is 6.42. The van der Waals surface area contributed by atoms with Crippen LogP contribution in [0.25, 0.3) is 92.0 Å². The van der Waals surface area contributed by atoms with Crippen LogP contribution in [0.15, 0.2) is 170 Å². The average molecular weight is 1000 g/mol. The van der Waals surface area contributed by atoms with Gasteiger partial charge in [0.1, 0.15) is 0 Å². The van der Waals surface area contributed by atoms with Crippen LogP contribution in [0.4, 0.5) is 0 Å². The molecule has 0 fully saturated rings. The Morgan fingerprint density at radius 2 is 1.36 bits per heavy atom. The molecule has 0 amide bonds. The van der Waals surface area contributed by atoms with Crippen LogP contribution in [-0.4, -0.2) is 23.7 Å². The van der Waals surface area contributed by atoms with Crippen LogP contribution in [0, 0.1) is 32.9 Å². The van der Waals surface area contributed by atoms with Gasteiger partial charge in [0, 0.05) is 70.4 Å². The van der Waals surface area contributed by atoms with E-state index in [2.05, 4.69) is 173 Å². The second kappa shape index (κ2) is 15.9. The molecule has 0 unspecified atom stereocenters. The van der Waals surface area contributed by atoms with Gasteiger partial charge in [-0.05, 0) is 91.1 Å². The molecule has 0 atom stereocenters. The molecule has 6 heterocycles. The number of benzene rings is 6. The number of hydrogen-bond donors (Lipinski definition) is 0. The van der Waals surface area contributed by atoms with Crippen LogP contribution in [0.5, 0.6) is 0 Å². The van der Waals surface area contributed by atoms with Crippen molar-refractivity contribution >= 4 is 70.3 Å². The summed E-state index contributed by atoms with van der Waals surface area (Å²) in [6.07, 6.45) is 5.74. The van der Waals surface area contributed by atoms with E-state index in [9.17, 15) is 0 Å². The van der Waals surface area contributed by atoms with Crippen LogP contribution in [0.1, 0.15) is 16.7 Å². The van der Waals surface area contributed by atoms with Gasteiger partial charge in [0.25, 0.3) is 0 Å². The number of aromatic nitrogens is 5. The maximum Gasteiger partial charge on any atom is 0.0795 e. The van der Waals surface area contributed by atoms with E-state index in [-0.39, 0.29) is 20.1 Å². The molecular weight excluding hydrogens is 963 g/mol. The molecule has 297 valence electrons. The maximum absolute atomic E-state index is 4.57. The van der Waals surface area contributed by atoms with Gasteiger partial charge in [-0.3, -0.25) is 20.8 Å². The van der Waals surface area contributed by atoms with E-state index in [1.54, 1.807) is 11.3 Å². The van der Waals surface area contributed by atoms with Crippen molar-refractivity contribution in [2.24, 2.45) is 0 Å². The van der Waals surface area contributed by atoms with Gasteiger partial charge in [-0.2, -0.15) is 5.10 Å². The zero-order valence-electron chi connectivity index (χ0n) is 33.6. The Morgan fingerprint density at radius 3 is 2.20 bits per heavy atom. The number of aryl methyl sites for hydroxylation is 3. The van der Waals surface area contributed by atoms with Crippen molar-refractivity contribution in [3.05, 3.63) is 198 Å². The molecule has 61 heavy (non-hydrogen) atoms. The fraction of sp³-hybridized carbons (Fsp3) is 0.0566. The topological polar surface area (TPSA) is 40.0 Å². The standard InChI is InChI=1S/C35H20N3S2.C18H17N2.Ir/c1-2-9-25(10-3-1)37-29-12-5-4-11-26(29)27-20-23(13-14-30(27)37)22-7-6-8-24(19-22)33-21-28-34-32(16-18-39-34)38-31(15-17-36-38)35(28)40-33;1-13-11-14(2)17(15(3)12-13)20-10-9-19-18(20)16-7-5-4-6-8-16;/h1-15,17-21H;4-7,9-12H,1-3H3;/q2*-1;. The quantitative estimate of drug-likeness (QED) is 0.161. The Kier molecular flexibility index (Phi) is 10.1. The Labute approximate surface area is 375 Å². The zero-order chi connectivity index (χ0) is 40.3. The molecule has 0 saturated carbocycles. The summed E-state index contributed by atoms with van der Waals surface area (Å²) in [7, 11) is 0. The molecule has 0 aliphatic heterocycles. The largest absolute Gasteiger partial charge is 0.340 e. The van der Waals surface area contributed by atoms with Gasteiger partial charge in [0.15, 0.2) is 0 Å². The Balaban J connectivity index is 0.000000180. The summed E-state index contributed by atoms with van der Waals surface area (Å²) in [5.74, 6) is 0.931. The summed E-state index contributed by atoms with van der Waals surface area (Å²) in [5, 5.41) is 10.4. The van der Waals surface area contributed by atoms with Gasteiger partial charge >= 0.3 is 0 Å². The first-order chi connectivity index (χ1) is 29.5. The first kappa shape index (κ1) is 38.8. The molecule has 12 aromatic rings. The van der Waals surface area contributed by atoms with Crippen molar-refractivity contribution in [1.82, 2.24) is 23.7 Å². The van der Waals surface area contributed by atoms with Crippen molar-refractivity contribution in [1.29, 1.82) is 0 Å². The van der Waals surface area contributed by atoms with Crippen LogP contribution in [0.3, 0.4) is 0 Å². The summed E-state index contributed by atoms with van der Waals surface area (Å²) < 4.78 is 9.05. The molecule has 0 aliphatic rings. The van der Waals surface area contributed by atoms with E-state index >= 15 is 0 Å². The van der Waals surface area contributed by atoms with E-state index in [1.165, 1.54) is 86.2 Å². The maximum atomic E-state index is 4.57. The predicted octanol–water partition coefficient (Wildman–Crippen LogP) is 14.3. The molecule has 0 bridgehead atoms. The fourth-order valence-electron chi connectivity index (χ4n) is 8.79. The van der Waals surface area contributed by atoms with Gasteiger partial charge in [-0.15, -0.1) is 52.6 Å². The molecule has 0 saturated heterocycles. The van der Waals surface area contributed by atoms with Crippen LogP contribution >= 0.6 is 22.7 Å². The minimum Gasteiger partial charge on any atom is -0.340 e. The van der Waals surface area contributed by atoms with Crippen LogP contribution in [-0.2, 0) is 20.1 Å². The molecule has 0 aliphatic carbocycles. The number of imidazole rings is 1. The normalized spacial score (nSPS) is 11.4. The molecule has 6 aromatic heterocycles. The van der Waals surface area contributed by atoms with E-state index < -0.39 is 0 Å². The van der Waals surface area contributed by atoms with Crippen molar-refractivity contribution in [3.8, 4) is 44.3 Å².